The van der Waals surface area contributed by atoms with Crippen molar-refractivity contribution >= 4 is 5.69 Å². The Kier molecular flexibility index (Phi) is 3.02. The lowest BCUT2D eigenvalue weighted by molar-refractivity contribution is 0.896. The van der Waals surface area contributed by atoms with Crippen LogP contribution in [0.4, 0.5) is 5.69 Å². The van der Waals surface area contributed by atoms with Crippen molar-refractivity contribution in [2.45, 2.75) is 45.4 Å². The van der Waals surface area contributed by atoms with Crippen LogP contribution in [-0.2, 0) is 25.7 Å². The number of allylic oxidation sites excluding steroid dienone is 1. The molecule has 0 heterocycles. The lowest BCUT2D eigenvalue weighted by atomic mass is 9.98. The molecule has 1 aromatic rings. The molecule has 0 atom stereocenters. The molecule has 0 radical (unpaired) electrons. The number of hydrogen-bond acceptors (Lipinski definition) is 2. The van der Waals surface area contributed by atoms with E-state index in [1.165, 1.54) is 44.2 Å². The van der Waals surface area contributed by atoms with Crippen LogP contribution in [0.1, 0.15) is 42.0 Å². The summed E-state index contributed by atoms with van der Waals surface area (Å²) in [5.41, 5.74) is 7.74. The average molecular weight is 242 g/mol. The largest absolute Gasteiger partial charge is 0.375 e. The maximum absolute atomic E-state index is 3.63. The van der Waals surface area contributed by atoms with Crippen LogP contribution in [0, 0.1) is 0 Å². The second-order valence-corrected chi connectivity index (χ2v) is 5.31. The van der Waals surface area contributed by atoms with E-state index in [-0.39, 0.29) is 0 Å². The topological polar surface area (TPSA) is 24.1 Å². The highest BCUT2D eigenvalue weighted by molar-refractivity contribution is 5.67. The highest BCUT2D eigenvalue weighted by Crippen LogP contribution is 2.38. The Morgan fingerprint density at radius 2 is 1.67 bits per heavy atom. The number of benzene rings is 1. The van der Waals surface area contributed by atoms with Crippen molar-refractivity contribution < 1.29 is 0 Å². The first-order valence-electron chi connectivity index (χ1n) is 7.11. The van der Waals surface area contributed by atoms with Crippen LogP contribution < -0.4 is 10.6 Å². The Balaban J connectivity index is 2.07. The van der Waals surface area contributed by atoms with Gasteiger partial charge in [0.15, 0.2) is 0 Å². The van der Waals surface area contributed by atoms with Crippen LogP contribution >= 0.6 is 0 Å². The fourth-order valence-corrected chi connectivity index (χ4v) is 3.38. The molecule has 2 aliphatic rings. The van der Waals surface area contributed by atoms with Crippen molar-refractivity contribution in [1.29, 1.82) is 0 Å². The van der Waals surface area contributed by atoms with Gasteiger partial charge in [-0.25, -0.2) is 0 Å². The second kappa shape index (κ2) is 4.68. The van der Waals surface area contributed by atoms with E-state index in [0.29, 0.717) is 0 Å². The first kappa shape index (κ1) is 11.6. The molecule has 18 heavy (non-hydrogen) atoms. The molecule has 0 saturated heterocycles. The molecule has 0 aliphatic heterocycles. The fraction of sp³-hybridized carbons (Fsp3) is 0.500. The van der Waals surface area contributed by atoms with Gasteiger partial charge in [0.1, 0.15) is 0 Å². The monoisotopic (exact) mass is 242 g/mol. The van der Waals surface area contributed by atoms with E-state index in [4.69, 9.17) is 0 Å². The molecular weight excluding hydrogens is 220 g/mol. The Labute approximate surface area is 109 Å². The Hall–Kier alpha value is -1.44. The van der Waals surface area contributed by atoms with Crippen LogP contribution in [0.25, 0.3) is 0 Å². The third-order valence-electron chi connectivity index (χ3n) is 4.29. The van der Waals surface area contributed by atoms with Gasteiger partial charge in [-0.2, -0.15) is 0 Å². The first-order chi connectivity index (χ1) is 8.83. The van der Waals surface area contributed by atoms with Crippen LogP contribution in [0.3, 0.4) is 0 Å². The minimum absolute atomic E-state index is 1.12. The van der Waals surface area contributed by atoms with Gasteiger partial charge in [0, 0.05) is 12.7 Å². The predicted molar refractivity (Wildman–Crippen MR) is 76.9 cm³/mol. The summed E-state index contributed by atoms with van der Waals surface area (Å²) in [7, 11) is 1.98. The summed E-state index contributed by atoms with van der Waals surface area (Å²) in [4.78, 5) is 0. The van der Waals surface area contributed by atoms with E-state index in [1.807, 2.05) is 7.05 Å². The zero-order valence-electron chi connectivity index (χ0n) is 11.4. The standard InChI is InChI=1S/C16H22N2/c1-3-15(17-2)18-16-13-8-4-6-11(13)10-12-7-5-9-14(12)16/h3,10,17-18H,4-9H2,1-2H3/b15-3+. The lowest BCUT2D eigenvalue weighted by Gasteiger charge is -2.18. The number of anilines is 1. The molecule has 0 bridgehead atoms. The van der Waals surface area contributed by atoms with E-state index in [9.17, 15) is 0 Å². The molecule has 2 heteroatoms. The molecule has 3 rings (SSSR count). The van der Waals surface area contributed by atoms with Gasteiger partial charge in [-0.1, -0.05) is 6.07 Å². The Morgan fingerprint density at radius 3 is 2.17 bits per heavy atom. The predicted octanol–water partition coefficient (Wildman–Crippen LogP) is 3.16. The third kappa shape index (κ3) is 1.80. The quantitative estimate of drug-likeness (QED) is 0.851. The van der Waals surface area contributed by atoms with E-state index in [2.05, 4.69) is 29.7 Å². The van der Waals surface area contributed by atoms with Crippen molar-refractivity contribution in [2.75, 3.05) is 12.4 Å². The van der Waals surface area contributed by atoms with Crippen molar-refractivity contribution in [2.24, 2.45) is 0 Å². The van der Waals surface area contributed by atoms with Crippen molar-refractivity contribution in [3.05, 3.63) is 40.2 Å². The summed E-state index contributed by atoms with van der Waals surface area (Å²) in [6.07, 6.45) is 9.76. The normalized spacial score (nSPS) is 17.6. The molecule has 2 nitrogen and oxygen atoms in total. The van der Waals surface area contributed by atoms with E-state index in [1.54, 1.807) is 22.3 Å². The fourth-order valence-electron chi connectivity index (χ4n) is 3.38. The molecule has 96 valence electrons. The van der Waals surface area contributed by atoms with Gasteiger partial charge >= 0.3 is 0 Å². The summed E-state index contributed by atoms with van der Waals surface area (Å²) >= 11 is 0. The van der Waals surface area contributed by atoms with Crippen LogP contribution in [0.2, 0.25) is 0 Å². The van der Waals surface area contributed by atoms with Gasteiger partial charge in [-0.3, -0.25) is 0 Å². The van der Waals surface area contributed by atoms with Crippen molar-refractivity contribution in [1.82, 2.24) is 5.32 Å². The van der Waals surface area contributed by atoms with Crippen LogP contribution in [0.15, 0.2) is 18.0 Å². The second-order valence-electron chi connectivity index (χ2n) is 5.31. The molecule has 0 saturated carbocycles. The summed E-state index contributed by atoms with van der Waals surface area (Å²) < 4.78 is 0. The number of nitrogens with one attached hydrogen (secondary N) is 2. The van der Waals surface area contributed by atoms with Gasteiger partial charge in [-0.05, 0) is 73.8 Å². The van der Waals surface area contributed by atoms with Gasteiger partial charge in [0.05, 0.1) is 5.82 Å². The number of hydrogen-bond donors (Lipinski definition) is 2. The summed E-state index contributed by atoms with van der Waals surface area (Å²) in [5.74, 6) is 1.12. The maximum Gasteiger partial charge on any atom is 0.0984 e. The number of aryl methyl sites for hydroxylation is 2. The summed E-state index contributed by atoms with van der Waals surface area (Å²) in [6.45, 7) is 2.07. The molecule has 0 unspecified atom stereocenters. The van der Waals surface area contributed by atoms with Crippen LogP contribution in [0.5, 0.6) is 0 Å². The molecule has 2 N–H and O–H groups in total. The lowest BCUT2D eigenvalue weighted by Crippen LogP contribution is -2.16. The van der Waals surface area contributed by atoms with Gasteiger partial charge in [0.25, 0.3) is 0 Å². The highest BCUT2D eigenvalue weighted by atomic mass is 15.1. The molecule has 2 aliphatic carbocycles. The Morgan fingerprint density at radius 1 is 1.06 bits per heavy atom. The molecule has 1 aromatic carbocycles. The SMILES string of the molecule is C/C=C(\NC)Nc1c2c(cc3c1CCC3)CCC2. The zero-order chi connectivity index (χ0) is 12.5. The summed E-state index contributed by atoms with van der Waals surface area (Å²) in [6, 6.07) is 2.48. The summed E-state index contributed by atoms with van der Waals surface area (Å²) in [5, 5.41) is 6.86. The van der Waals surface area contributed by atoms with Crippen molar-refractivity contribution in [3.63, 3.8) is 0 Å². The van der Waals surface area contributed by atoms with E-state index in [0.717, 1.165) is 5.82 Å². The van der Waals surface area contributed by atoms with Gasteiger partial charge in [0.2, 0.25) is 0 Å². The van der Waals surface area contributed by atoms with Crippen LogP contribution in [-0.4, -0.2) is 7.05 Å². The smallest absolute Gasteiger partial charge is 0.0984 e. The zero-order valence-corrected chi connectivity index (χ0v) is 11.4. The van der Waals surface area contributed by atoms with Gasteiger partial charge in [-0.15, -0.1) is 0 Å². The molecular formula is C16H22N2. The van der Waals surface area contributed by atoms with E-state index >= 15 is 0 Å². The van der Waals surface area contributed by atoms with E-state index < -0.39 is 0 Å². The Bertz CT molecular complexity index is 468. The van der Waals surface area contributed by atoms with Crippen molar-refractivity contribution in [3.8, 4) is 0 Å². The molecule has 0 amide bonds. The molecule has 0 spiro atoms. The van der Waals surface area contributed by atoms with Gasteiger partial charge < -0.3 is 10.6 Å². The average Bonchev–Trinajstić information content (AvgIpc) is 3.02. The number of rotatable bonds is 3. The molecule has 0 aromatic heterocycles. The maximum atomic E-state index is 3.63. The first-order valence-corrected chi connectivity index (χ1v) is 7.11. The third-order valence-corrected chi connectivity index (χ3v) is 4.29. The minimum atomic E-state index is 1.12. The minimum Gasteiger partial charge on any atom is -0.375 e. The highest BCUT2D eigenvalue weighted by Gasteiger charge is 2.23. The molecule has 0 fully saturated rings. The number of fused-ring (bicyclic) bond motifs is 2.